The van der Waals surface area contributed by atoms with Crippen molar-refractivity contribution in [2.45, 2.75) is 106 Å². The van der Waals surface area contributed by atoms with E-state index in [1.54, 1.807) is 0 Å². The van der Waals surface area contributed by atoms with Crippen LogP contribution >= 0.6 is 0 Å². The maximum atomic E-state index is 9.00. The van der Waals surface area contributed by atoms with Crippen LogP contribution in [0.1, 0.15) is 106 Å². The van der Waals surface area contributed by atoms with Crippen molar-refractivity contribution in [3.8, 4) is 0 Å². The van der Waals surface area contributed by atoms with Gasteiger partial charge in [-0.25, -0.2) is 0 Å². The van der Waals surface area contributed by atoms with Gasteiger partial charge in [0, 0.05) is 27.7 Å². The lowest BCUT2D eigenvalue weighted by Gasteiger charge is -1.99. The van der Waals surface area contributed by atoms with Crippen molar-refractivity contribution in [2.75, 3.05) is 0 Å². The van der Waals surface area contributed by atoms with Crippen LogP contribution in [0.25, 0.3) is 0 Å². The zero-order chi connectivity index (χ0) is 23.4. The number of hydrogen-bond acceptors (Lipinski definition) is 4. The molecule has 170 valence electrons. The monoisotopic (exact) mass is 410 g/mol. The molecule has 0 aliphatic rings. The Balaban J connectivity index is -0.0000000910. The number of aliphatic carboxylic acids is 4. The van der Waals surface area contributed by atoms with Gasteiger partial charge in [0.05, 0.1) is 0 Å². The molecule has 0 bridgehead atoms. The van der Waals surface area contributed by atoms with Crippen molar-refractivity contribution in [3.63, 3.8) is 0 Å². The molecule has 8 heteroatoms. The molecule has 0 unspecified atom stereocenters. The van der Waals surface area contributed by atoms with Crippen LogP contribution in [0.2, 0.25) is 0 Å². The predicted octanol–water partition coefficient (Wildman–Crippen LogP) is 5.29. The summed E-state index contributed by atoms with van der Waals surface area (Å²) in [6, 6.07) is 0. The molecular formula is C20H42O8. The van der Waals surface area contributed by atoms with Crippen molar-refractivity contribution in [3.05, 3.63) is 0 Å². The minimum Gasteiger partial charge on any atom is -0.481 e. The SMILES string of the molecule is CC(=O)O.CC(=O)O.CC(=O)O.CC(=O)O.CCCCCCCCCCCC. The van der Waals surface area contributed by atoms with Crippen LogP contribution in [0.3, 0.4) is 0 Å². The molecule has 28 heavy (non-hydrogen) atoms. The summed E-state index contributed by atoms with van der Waals surface area (Å²) in [7, 11) is 0. The first-order chi connectivity index (χ1) is 12.8. The molecule has 0 aliphatic carbocycles. The van der Waals surface area contributed by atoms with Gasteiger partial charge in [0.2, 0.25) is 0 Å². The molecule has 0 aromatic carbocycles. The van der Waals surface area contributed by atoms with Crippen LogP contribution in [0.5, 0.6) is 0 Å². The quantitative estimate of drug-likeness (QED) is 0.374. The van der Waals surface area contributed by atoms with Gasteiger partial charge < -0.3 is 20.4 Å². The van der Waals surface area contributed by atoms with Crippen LogP contribution in [0.4, 0.5) is 0 Å². The third-order valence-corrected chi connectivity index (χ3v) is 2.46. The van der Waals surface area contributed by atoms with Crippen molar-refractivity contribution >= 4 is 23.9 Å². The fourth-order valence-electron chi connectivity index (χ4n) is 1.56. The summed E-state index contributed by atoms with van der Waals surface area (Å²) in [6.07, 6.45) is 14.4. The van der Waals surface area contributed by atoms with Crippen molar-refractivity contribution in [2.24, 2.45) is 0 Å². The Hall–Kier alpha value is -2.12. The number of carboxylic acid groups (broad SMARTS) is 4. The topological polar surface area (TPSA) is 149 Å². The average Bonchev–Trinajstić information content (AvgIpc) is 2.48. The highest BCUT2D eigenvalue weighted by Gasteiger charge is 1.90. The lowest BCUT2D eigenvalue weighted by molar-refractivity contribution is -0.135. The minimum absolute atomic E-state index is 0.833. The van der Waals surface area contributed by atoms with E-state index in [-0.39, 0.29) is 0 Å². The molecule has 0 radical (unpaired) electrons. The Labute approximate surface area is 170 Å². The van der Waals surface area contributed by atoms with E-state index < -0.39 is 23.9 Å². The highest BCUT2D eigenvalue weighted by Crippen LogP contribution is 2.09. The Morgan fingerprint density at radius 1 is 0.429 bits per heavy atom. The third-order valence-electron chi connectivity index (χ3n) is 2.46. The van der Waals surface area contributed by atoms with Gasteiger partial charge in [-0.1, -0.05) is 78.1 Å². The number of carboxylic acids is 4. The number of hydrogen-bond donors (Lipinski definition) is 4. The summed E-state index contributed by atoms with van der Waals surface area (Å²) in [4.78, 5) is 36.0. The molecule has 0 heterocycles. The molecule has 0 spiro atoms. The van der Waals surface area contributed by atoms with Gasteiger partial charge in [-0.2, -0.15) is 0 Å². The molecule has 4 N–H and O–H groups in total. The van der Waals surface area contributed by atoms with Crippen LogP contribution in [-0.2, 0) is 19.2 Å². The van der Waals surface area contributed by atoms with Crippen molar-refractivity contribution < 1.29 is 39.6 Å². The van der Waals surface area contributed by atoms with Crippen LogP contribution in [-0.4, -0.2) is 44.3 Å². The second-order valence-corrected chi connectivity index (χ2v) is 5.90. The maximum absolute atomic E-state index is 9.00. The first-order valence-electron chi connectivity index (χ1n) is 9.63. The zero-order valence-corrected chi connectivity index (χ0v) is 18.5. The standard InChI is InChI=1S/C12H26.4C2H4O2/c1-3-5-7-9-11-12-10-8-6-4-2;4*1-2(3)4/h3-12H2,1-2H3;4*1H3,(H,3,4). The average molecular weight is 411 g/mol. The number of unbranched alkanes of at least 4 members (excludes halogenated alkanes) is 9. The van der Waals surface area contributed by atoms with Gasteiger partial charge >= 0.3 is 0 Å². The van der Waals surface area contributed by atoms with Crippen LogP contribution < -0.4 is 0 Å². The molecule has 0 atom stereocenters. The Bertz CT molecular complexity index is 280. The van der Waals surface area contributed by atoms with E-state index in [1.807, 2.05) is 0 Å². The fourth-order valence-corrected chi connectivity index (χ4v) is 1.56. The van der Waals surface area contributed by atoms with Gasteiger partial charge in [0.1, 0.15) is 0 Å². The van der Waals surface area contributed by atoms with Gasteiger partial charge in [-0.15, -0.1) is 0 Å². The molecule has 0 saturated carbocycles. The highest BCUT2D eigenvalue weighted by atomic mass is 16.4. The molecule has 0 saturated heterocycles. The molecule has 0 aromatic heterocycles. The molecular weight excluding hydrogens is 368 g/mol. The molecule has 0 amide bonds. The molecule has 0 aliphatic heterocycles. The Morgan fingerprint density at radius 2 is 0.536 bits per heavy atom. The predicted molar refractivity (Wildman–Crippen MR) is 111 cm³/mol. The zero-order valence-electron chi connectivity index (χ0n) is 18.5. The Kier molecular flexibility index (Phi) is 47.1. The highest BCUT2D eigenvalue weighted by molar-refractivity contribution is 5.63. The summed E-state index contributed by atoms with van der Waals surface area (Å²) in [6.45, 7) is 8.89. The summed E-state index contributed by atoms with van der Waals surface area (Å²) in [5.41, 5.74) is 0. The number of rotatable bonds is 9. The lowest BCUT2D eigenvalue weighted by Crippen LogP contribution is -1.80. The van der Waals surface area contributed by atoms with E-state index in [0.717, 1.165) is 27.7 Å². The normalized spacial score (nSPS) is 8.07. The second kappa shape index (κ2) is 35.9. The molecule has 8 nitrogen and oxygen atoms in total. The molecule has 0 rings (SSSR count). The lowest BCUT2D eigenvalue weighted by atomic mass is 10.1. The summed E-state index contributed by atoms with van der Waals surface area (Å²) >= 11 is 0. The van der Waals surface area contributed by atoms with E-state index in [0.29, 0.717) is 0 Å². The van der Waals surface area contributed by atoms with Gasteiger partial charge in [0.25, 0.3) is 23.9 Å². The van der Waals surface area contributed by atoms with Crippen LogP contribution in [0.15, 0.2) is 0 Å². The first kappa shape index (κ1) is 36.7. The van der Waals surface area contributed by atoms with Crippen LogP contribution in [0, 0.1) is 0 Å². The minimum atomic E-state index is -0.833. The van der Waals surface area contributed by atoms with Crippen molar-refractivity contribution in [1.29, 1.82) is 0 Å². The van der Waals surface area contributed by atoms with E-state index >= 15 is 0 Å². The third kappa shape index (κ3) is 264. The van der Waals surface area contributed by atoms with Gasteiger partial charge in [0.15, 0.2) is 0 Å². The largest absolute Gasteiger partial charge is 0.481 e. The summed E-state index contributed by atoms with van der Waals surface area (Å²) in [5, 5.41) is 29.7. The van der Waals surface area contributed by atoms with Gasteiger partial charge in [-0.05, 0) is 0 Å². The molecule has 0 fully saturated rings. The fraction of sp³-hybridized carbons (Fsp3) is 0.800. The maximum Gasteiger partial charge on any atom is 0.300 e. The van der Waals surface area contributed by atoms with E-state index in [1.165, 1.54) is 64.2 Å². The first-order valence-corrected chi connectivity index (χ1v) is 9.63. The smallest absolute Gasteiger partial charge is 0.300 e. The van der Waals surface area contributed by atoms with E-state index in [4.69, 9.17) is 39.6 Å². The van der Waals surface area contributed by atoms with E-state index in [9.17, 15) is 0 Å². The van der Waals surface area contributed by atoms with Gasteiger partial charge in [-0.3, -0.25) is 19.2 Å². The number of carbonyl (C=O) groups is 4. The summed E-state index contributed by atoms with van der Waals surface area (Å²) in [5.74, 6) is -3.33. The summed E-state index contributed by atoms with van der Waals surface area (Å²) < 4.78 is 0. The second-order valence-electron chi connectivity index (χ2n) is 5.90. The van der Waals surface area contributed by atoms with E-state index in [2.05, 4.69) is 13.8 Å². The molecule has 0 aromatic rings. The van der Waals surface area contributed by atoms with Crippen molar-refractivity contribution in [1.82, 2.24) is 0 Å². The Morgan fingerprint density at radius 3 is 0.643 bits per heavy atom.